The first kappa shape index (κ1) is 18.1. The van der Waals surface area contributed by atoms with E-state index in [0.717, 1.165) is 5.69 Å². The Morgan fingerprint density at radius 2 is 1.27 bits per heavy atom. The van der Waals surface area contributed by atoms with Gasteiger partial charge in [-0.15, -0.1) is 0 Å². The van der Waals surface area contributed by atoms with E-state index in [1.54, 1.807) is 12.1 Å². The van der Waals surface area contributed by atoms with Gasteiger partial charge in [-0.1, -0.05) is 48.5 Å². The van der Waals surface area contributed by atoms with Gasteiger partial charge in [0.1, 0.15) is 0 Å². The highest BCUT2D eigenvalue weighted by atomic mass is 31.2. The standard InChI is InChI=1S/C21H21N2O2P/c1-16-8-4-6-10-20(16)26(3,21-11-7-5-9-17(21)2)22-18-12-14-19(15-13-18)23(24)25/h4-15H,1-3H3. The second kappa shape index (κ2) is 7.27. The molecule has 3 rings (SSSR count). The zero-order valence-electron chi connectivity index (χ0n) is 15.1. The van der Waals surface area contributed by atoms with Gasteiger partial charge in [-0.25, -0.2) is 0 Å². The van der Waals surface area contributed by atoms with Crippen molar-refractivity contribution in [3.63, 3.8) is 0 Å². The average Bonchev–Trinajstić information content (AvgIpc) is 2.62. The molecule has 3 aromatic carbocycles. The van der Waals surface area contributed by atoms with Crippen molar-refractivity contribution < 1.29 is 4.92 Å². The Morgan fingerprint density at radius 1 is 0.808 bits per heavy atom. The Balaban J connectivity index is 2.26. The van der Waals surface area contributed by atoms with Gasteiger partial charge in [-0.05, 0) is 54.4 Å². The van der Waals surface area contributed by atoms with Gasteiger partial charge in [0.2, 0.25) is 0 Å². The second-order valence-electron chi connectivity index (χ2n) is 6.41. The van der Waals surface area contributed by atoms with Crippen LogP contribution in [0.3, 0.4) is 0 Å². The molecule has 0 aliphatic heterocycles. The molecule has 0 atom stereocenters. The topological polar surface area (TPSA) is 55.5 Å². The quantitative estimate of drug-likeness (QED) is 0.357. The van der Waals surface area contributed by atoms with E-state index in [9.17, 15) is 10.1 Å². The highest BCUT2D eigenvalue weighted by molar-refractivity contribution is 7.80. The zero-order chi connectivity index (χ0) is 18.7. The Bertz CT molecular complexity index is 961. The molecule has 0 unspecified atom stereocenters. The maximum Gasteiger partial charge on any atom is 0.269 e. The van der Waals surface area contributed by atoms with Crippen molar-refractivity contribution in [2.75, 3.05) is 6.66 Å². The first-order valence-electron chi connectivity index (χ1n) is 8.38. The van der Waals surface area contributed by atoms with E-state index in [-0.39, 0.29) is 10.6 Å². The molecular formula is C21H21N2O2P. The number of hydrogen-bond donors (Lipinski definition) is 0. The summed E-state index contributed by atoms with van der Waals surface area (Å²) in [6.07, 6.45) is 0. The summed E-state index contributed by atoms with van der Waals surface area (Å²) >= 11 is 0. The van der Waals surface area contributed by atoms with Gasteiger partial charge in [0.25, 0.3) is 5.69 Å². The fraction of sp³-hybridized carbons (Fsp3) is 0.143. The van der Waals surface area contributed by atoms with Crippen LogP contribution in [0.15, 0.2) is 77.5 Å². The van der Waals surface area contributed by atoms with Crippen molar-refractivity contribution >= 4 is 29.0 Å². The average molecular weight is 364 g/mol. The second-order valence-corrected chi connectivity index (χ2v) is 9.49. The first-order chi connectivity index (χ1) is 12.4. The third kappa shape index (κ3) is 3.47. The van der Waals surface area contributed by atoms with Crippen LogP contribution in [0.4, 0.5) is 11.4 Å². The maximum absolute atomic E-state index is 10.9. The van der Waals surface area contributed by atoms with Crippen LogP contribution in [0.5, 0.6) is 0 Å². The Kier molecular flexibility index (Phi) is 5.06. The molecule has 0 heterocycles. The molecule has 0 aromatic heterocycles. The predicted octanol–water partition coefficient (Wildman–Crippen LogP) is 5.33. The van der Waals surface area contributed by atoms with Crippen molar-refractivity contribution in [3.8, 4) is 0 Å². The molecule has 0 bridgehead atoms. The Morgan fingerprint density at radius 3 is 1.69 bits per heavy atom. The van der Waals surface area contributed by atoms with Gasteiger partial charge in [-0.2, -0.15) is 0 Å². The van der Waals surface area contributed by atoms with Crippen molar-refractivity contribution in [2.45, 2.75) is 13.8 Å². The van der Waals surface area contributed by atoms with Crippen molar-refractivity contribution in [2.24, 2.45) is 4.74 Å². The van der Waals surface area contributed by atoms with E-state index in [1.165, 1.54) is 33.9 Å². The molecule has 3 aromatic rings. The van der Waals surface area contributed by atoms with Gasteiger partial charge < -0.3 is 0 Å². The molecule has 0 aliphatic carbocycles. The van der Waals surface area contributed by atoms with Crippen LogP contribution < -0.4 is 10.6 Å². The minimum Gasteiger partial charge on any atom is -0.259 e. The fourth-order valence-electron chi connectivity index (χ4n) is 3.21. The summed E-state index contributed by atoms with van der Waals surface area (Å²) in [6.45, 7) is 6.42. The lowest BCUT2D eigenvalue weighted by molar-refractivity contribution is -0.384. The van der Waals surface area contributed by atoms with Gasteiger partial charge in [-0.3, -0.25) is 14.9 Å². The molecular weight excluding hydrogens is 343 g/mol. The summed E-state index contributed by atoms with van der Waals surface area (Å²) in [5.74, 6) is 0. The van der Waals surface area contributed by atoms with Gasteiger partial charge in [0.15, 0.2) is 0 Å². The molecule has 0 saturated heterocycles. The van der Waals surface area contributed by atoms with Gasteiger partial charge in [0.05, 0.1) is 10.6 Å². The van der Waals surface area contributed by atoms with Crippen LogP contribution >= 0.6 is 7.05 Å². The Hall–Kier alpha value is -2.71. The minimum absolute atomic E-state index is 0.0794. The number of rotatable bonds is 4. The van der Waals surface area contributed by atoms with E-state index in [4.69, 9.17) is 4.74 Å². The van der Waals surface area contributed by atoms with Crippen LogP contribution in [0.2, 0.25) is 0 Å². The molecule has 0 amide bonds. The third-order valence-corrected chi connectivity index (χ3v) is 8.06. The first-order valence-corrected chi connectivity index (χ1v) is 10.6. The van der Waals surface area contributed by atoms with E-state index < -0.39 is 7.05 Å². The summed E-state index contributed by atoms with van der Waals surface area (Å²) in [5.41, 5.74) is 3.25. The molecule has 26 heavy (non-hydrogen) atoms. The highest BCUT2D eigenvalue weighted by Gasteiger charge is 2.22. The van der Waals surface area contributed by atoms with Crippen molar-refractivity contribution in [1.29, 1.82) is 0 Å². The zero-order valence-corrected chi connectivity index (χ0v) is 16.0. The van der Waals surface area contributed by atoms with Crippen LogP contribution in [-0.2, 0) is 0 Å². The summed E-state index contributed by atoms with van der Waals surface area (Å²) in [4.78, 5) is 10.5. The molecule has 0 spiro atoms. The number of nitro groups is 1. The lowest BCUT2D eigenvalue weighted by atomic mass is 10.2. The smallest absolute Gasteiger partial charge is 0.259 e. The predicted molar refractivity (Wildman–Crippen MR) is 110 cm³/mol. The number of non-ortho nitro benzene ring substituents is 1. The number of aryl methyl sites for hydroxylation is 2. The van der Waals surface area contributed by atoms with E-state index in [0.29, 0.717) is 0 Å². The van der Waals surface area contributed by atoms with Crippen LogP contribution in [0, 0.1) is 24.0 Å². The number of hydrogen-bond acceptors (Lipinski definition) is 3. The monoisotopic (exact) mass is 364 g/mol. The maximum atomic E-state index is 10.9. The van der Waals surface area contributed by atoms with Crippen LogP contribution in [0.1, 0.15) is 11.1 Å². The van der Waals surface area contributed by atoms with Crippen LogP contribution in [-0.4, -0.2) is 11.6 Å². The number of nitro benzene ring substituents is 1. The molecule has 5 heteroatoms. The number of benzene rings is 3. The molecule has 0 aliphatic rings. The third-order valence-electron chi connectivity index (χ3n) is 4.55. The lowest BCUT2D eigenvalue weighted by Gasteiger charge is -2.25. The fourth-order valence-corrected chi connectivity index (χ4v) is 6.56. The SMILES string of the molecule is Cc1ccccc1P(C)(=Nc1ccc([N+](=O)[O-])cc1)c1ccccc1C. The largest absolute Gasteiger partial charge is 0.269 e. The van der Waals surface area contributed by atoms with E-state index in [2.05, 4.69) is 44.8 Å². The molecule has 4 nitrogen and oxygen atoms in total. The summed E-state index contributed by atoms with van der Waals surface area (Å²) in [7, 11) is -2.05. The minimum atomic E-state index is -2.05. The highest BCUT2D eigenvalue weighted by Crippen LogP contribution is 2.48. The molecule has 0 saturated carbocycles. The van der Waals surface area contributed by atoms with Crippen LogP contribution in [0.25, 0.3) is 0 Å². The summed E-state index contributed by atoms with van der Waals surface area (Å²) < 4.78 is 5.14. The molecule has 0 radical (unpaired) electrons. The summed E-state index contributed by atoms with van der Waals surface area (Å²) in [6, 6.07) is 23.1. The molecule has 0 fully saturated rings. The Labute approximate surface area is 153 Å². The summed E-state index contributed by atoms with van der Waals surface area (Å²) in [5, 5.41) is 13.4. The van der Waals surface area contributed by atoms with Gasteiger partial charge >= 0.3 is 0 Å². The van der Waals surface area contributed by atoms with E-state index >= 15 is 0 Å². The lowest BCUT2D eigenvalue weighted by Crippen LogP contribution is -2.19. The van der Waals surface area contributed by atoms with Crippen molar-refractivity contribution in [3.05, 3.63) is 94.0 Å². The van der Waals surface area contributed by atoms with E-state index in [1.807, 2.05) is 24.3 Å². The molecule has 0 N–H and O–H groups in total. The van der Waals surface area contributed by atoms with Crippen molar-refractivity contribution in [1.82, 2.24) is 0 Å². The van der Waals surface area contributed by atoms with Gasteiger partial charge in [0, 0.05) is 19.2 Å². The number of nitrogens with zero attached hydrogens (tertiary/aromatic N) is 2. The molecule has 132 valence electrons. The normalized spacial score (nSPS) is 11.2.